The minimum absolute atomic E-state index is 0.266. The number of rotatable bonds is 6. The van der Waals surface area contributed by atoms with E-state index in [0.717, 1.165) is 11.1 Å². The van der Waals surface area contributed by atoms with E-state index in [1.54, 1.807) is 12.1 Å². The van der Waals surface area contributed by atoms with Gasteiger partial charge in [0.25, 0.3) is 0 Å². The molecule has 126 valence electrons. The lowest BCUT2D eigenvalue weighted by Crippen LogP contribution is -2.02. The van der Waals surface area contributed by atoms with Crippen LogP contribution in [0.1, 0.15) is 22.3 Å². The van der Waals surface area contributed by atoms with Gasteiger partial charge in [-0.2, -0.15) is 10.5 Å². The highest BCUT2D eigenvalue weighted by molar-refractivity contribution is 5.56. The average Bonchev–Trinajstić information content (AvgIpc) is 2.72. The highest BCUT2D eigenvalue weighted by Gasteiger charge is 2.13. The minimum atomic E-state index is 0.266. The van der Waals surface area contributed by atoms with E-state index < -0.39 is 0 Å². The fourth-order valence-electron chi connectivity index (χ4n) is 2.44. The van der Waals surface area contributed by atoms with E-state index in [0.29, 0.717) is 24.7 Å². The monoisotopic (exact) mass is 340 g/mol. The third-order valence-electron chi connectivity index (χ3n) is 3.80. The predicted octanol–water partition coefficient (Wildman–Crippen LogP) is 4.59. The van der Waals surface area contributed by atoms with Crippen LogP contribution in [-0.2, 0) is 13.2 Å². The lowest BCUT2D eigenvalue weighted by atomic mass is 10.1. The summed E-state index contributed by atoms with van der Waals surface area (Å²) in [4.78, 5) is 0. The highest BCUT2D eigenvalue weighted by atomic mass is 16.5. The number of nitriles is 2. The molecule has 0 N–H and O–H groups in total. The largest absolute Gasteiger partial charge is 0.485 e. The van der Waals surface area contributed by atoms with E-state index in [4.69, 9.17) is 9.47 Å². The zero-order valence-electron chi connectivity index (χ0n) is 14.1. The second-order valence-corrected chi connectivity index (χ2v) is 5.62. The molecular weight excluding hydrogens is 324 g/mol. The van der Waals surface area contributed by atoms with Crippen LogP contribution in [0.25, 0.3) is 0 Å². The van der Waals surface area contributed by atoms with Gasteiger partial charge in [0, 0.05) is 12.1 Å². The smallest absolute Gasteiger partial charge is 0.163 e. The maximum atomic E-state index is 9.26. The summed E-state index contributed by atoms with van der Waals surface area (Å²) in [6.45, 7) is 0.693. The Morgan fingerprint density at radius 3 is 1.35 bits per heavy atom. The molecule has 0 saturated carbocycles. The van der Waals surface area contributed by atoms with Crippen LogP contribution in [0, 0.1) is 22.7 Å². The number of hydrogen-bond donors (Lipinski definition) is 0. The molecule has 0 bridgehead atoms. The van der Waals surface area contributed by atoms with Gasteiger partial charge < -0.3 is 9.47 Å². The third kappa shape index (κ3) is 4.20. The van der Waals surface area contributed by atoms with Crippen molar-refractivity contribution in [1.29, 1.82) is 10.5 Å². The average molecular weight is 340 g/mol. The molecule has 0 atom stereocenters. The molecule has 0 saturated heterocycles. The fraction of sp³-hybridized carbons (Fsp3) is 0.0909. The van der Waals surface area contributed by atoms with Crippen molar-refractivity contribution in [3.8, 4) is 23.6 Å². The first kappa shape index (κ1) is 17.1. The van der Waals surface area contributed by atoms with Crippen LogP contribution in [0.2, 0.25) is 0 Å². The van der Waals surface area contributed by atoms with Gasteiger partial charge >= 0.3 is 0 Å². The van der Waals surface area contributed by atoms with Crippen molar-refractivity contribution in [3.63, 3.8) is 0 Å². The summed E-state index contributed by atoms with van der Waals surface area (Å²) in [5, 5.41) is 18.5. The molecule has 26 heavy (non-hydrogen) atoms. The number of nitrogens with zero attached hydrogens (tertiary/aromatic N) is 2. The van der Waals surface area contributed by atoms with Crippen molar-refractivity contribution in [3.05, 3.63) is 95.1 Å². The van der Waals surface area contributed by atoms with Crippen LogP contribution in [-0.4, -0.2) is 0 Å². The lowest BCUT2D eigenvalue weighted by Gasteiger charge is -2.14. The van der Waals surface area contributed by atoms with E-state index in [9.17, 15) is 10.5 Å². The molecule has 0 aliphatic carbocycles. The van der Waals surface area contributed by atoms with Gasteiger partial charge in [0.2, 0.25) is 0 Å². The van der Waals surface area contributed by atoms with Gasteiger partial charge in [-0.1, -0.05) is 60.7 Å². The molecule has 0 aromatic heterocycles. The van der Waals surface area contributed by atoms with Crippen molar-refractivity contribution in [2.75, 3.05) is 0 Å². The minimum Gasteiger partial charge on any atom is -0.485 e. The zero-order valence-corrected chi connectivity index (χ0v) is 14.1. The molecule has 3 aromatic rings. The molecule has 0 unspecified atom stereocenters. The maximum absolute atomic E-state index is 9.26. The van der Waals surface area contributed by atoms with Crippen LogP contribution < -0.4 is 9.47 Å². The van der Waals surface area contributed by atoms with Gasteiger partial charge in [0.1, 0.15) is 25.4 Å². The molecule has 0 spiro atoms. The predicted molar refractivity (Wildman–Crippen MR) is 97.4 cm³/mol. The standard InChI is InChI=1S/C22H16N2O2/c23-13-19-11-21(25-15-17-7-3-1-4-8-17)22(12-20(19)14-24)26-16-18-9-5-2-6-10-18/h1-12H,15-16H2. The summed E-state index contributed by atoms with van der Waals surface area (Å²) in [7, 11) is 0. The van der Waals surface area contributed by atoms with Crippen molar-refractivity contribution < 1.29 is 9.47 Å². The van der Waals surface area contributed by atoms with Crippen molar-refractivity contribution in [1.82, 2.24) is 0 Å². The first-order chi connectivity index (χ1) is 12.8. The third-order valence-corrected chi connectivity index (χ3v) is 3.80. The summed E-state index contributed by atoms with van der Waals surface area (Å²) in [6, 6.07) is 26.6. The van der Waals surface area contributed by atoms with Gasteiger partial charge in [-0.05, 0) is 11.1 Å². The molecule has 3 aromatic carbocycles. The van der Waals surface area contributed by atoms with Crippen LogP contribution >= 0.6 is 0 Å². The van der Waals surface area contributed by atoms with Gasteiger partial charge in [0.05, 0.1) is 11.1 Å². The van der Waals surface area contributed by atoms with Crippen LogP contribution in [0.4, 0.5) is 0 Å². The molecule has 0 aliphatic rings. The fourth-order valence-corrected chi connectivity index (χ4v) is 2.44. The van der Waals surface area contributed by atoms with E-state index in [-0.39, 0.29) is 11.1 Å². The normalized spacial score (nSPS) is 9.77. The first-order valence-corrected chi connectivity index (χ1v) is 8.12. The van der Waals surface area contributed by atoms with E-state index >= 15 is 0 Å². The summed E-state index contributed by atoms with van der Waals surface area (Å²) in [5.74, 6) is 0.890. The second-order valence-electron chi connectivity index (χ2n) is 5.62. The Morgan fingerprint density at radius 2 is 1.00 bits per heavy atom. The quantitative estimate of drug-likeness (QED) is 0.658. The molecule has 4 heteroatoms. The Balaban J connectivity index is 1.85. The van der Waals surface area contributed by atoms with Crippen molar-refractivity contribution >= 4 is 0 Å². The van der Waals surface area contributed by atoms with Crippen molar-refractivity contribution in [2.45, 2.75) is 13.2 Å². The molecule has 0 aliphatic heterocycles. The number of benzene rings is 3. The summed E-state index contributed by atoms with van der Waals surface area (Å²) < 4.78 is 11.7. The molecular formula is C22H16N2O2. The van der Waals surface area contributed by atoms with E-state index in [1.807, 2.05) is 72.8 Å². The van der Waals surface area contributed by atoms with Crippen molar-refractivity contribution in [2.24, 2.45) is 0 Å². The Hall–Kier alpha value is -3.76. The highest BCUT2D eigenvalue weighted by Crippen LogP contribution is 2.32. The Kier molecular flexibility index (Phi) is 5.50. The van der Waals surface area contributed by atoms with E-state index in [1.165, 1.54) is 0 Å². The first-order valence-electron chi connectivity index (χ1n) is 8.12. The van der Waals surface area contributed by atoms with Gasteiger partial charge in [-0.15, -0.1) is 0 Å². The summed E-state index contributed by atoms with van der Waals surface area (Å²) >= 11 is 0. The molecule has 0 radical (unpaired) electrons. The number of ether oxygens (including phenoxy) is 2. The van der Waals surface area contributed by atoms with Gasteiger partial charge in [0.15, 0.2) is 11.5 Å². The molecule has 3 rings (SSSR count). The topological polar surface area (TPSA) is 66.0 Å². The Morgan fingerprint density at radius 1 is 0.615 bits per heavy atom. The summed E-state index contributed by atoms with van der Waals surface area (Å²) in [5.41, 5.74) is 2.54. The van der Waals surface area contributed by atoms with Gasteiger partial charge in [-0.3, -0.25) is 0 Å². The molecule has 0 heterocycles. The zero-order chi connectivity index (χ0) is 18.2. The van der Waals surface area contributed by atoms with Crippen LogP contribution in [0.3, 0.4) is 0 Å². The summed E-state index contributed by atoms with van der Waals surface area (Å²) in [6.07, 6.45) is 0. The lowest BCUT2D eigenvalue weighted by molar-refractivity contribution is 0.256. The Bertz CT molecular complexity index is 875. The molecule has 0 fully saturated rings. The van der Waals surface area contributed by atoms with Crippen LogP contribution in [0.15, 0.2) is 72.8 Å². The molecule has 4 nitrogen and oxygen atoms in total. The van der Waals surface area contributed by atoms with Gasteiger partial charge in [-0.25, -0.2) is 0 Å². The van der Waals surface area contributed by atoms with E-state index in [2.05, 4.69) is 0 Å². The molecule has 0 amide bonds. The van der Waals surface area contributed by atoms with Crippen LogP contribution in [0.5, 0.6) is 11.5 Å². The SMILES string of the molecule is N#Cc1cc(OCc2ccccc2)c(OCc2ccccc2)cc1C#N. The number of hydrogen-bond acceptors (Lipinski definition) is 4. The second kappa shape index (κ2) is 8.37. The maximum Gasteiger partial charge on any atom is 0.163 e. The Labute approximate surface area is 152 Å².